The summed E-state index contributed by atoms with van der Waals surface area (Å²) in [5.74, 6) is 1.01. The summed E-state index contributed by atoms with van der Waals surface area (Å²) in [6.07, 6.45) is 7.55. The first kappa shape index (κ1) is 23.2. The van der Waals surface area contributed by atoms with Crippen molar-refractivity contribution in [2.24, 2.45) is 0 Å². The molecule has 196 valence electrons. The molecule has 5 aromatic rings. The lowest BCUT2D eigenvalue weighted by Gasteiger charge is -2.12. The summed E-state index contributed by atoms with van der Waals surface area (Å²) >= 11 is 0. The lowest BCUT2D eigenvalue weighted by Crippen LogP contribution is -2.47. The van der Waals surface area contributed by atoms with Crippen molar-refractivity contribution in [1.82, 2.24) is 29.3 Å². The van der Waals surface area contributed by atoms with E-state index in [1.807, 2.05) is 16.9 Å². The number of rotatable bonds is 3. The molecule has 6 heterocycles. The van der Waals surface area contributed by atoms with Gasteiger partial charge in [0.15, 0.2) is 17.8 Å². The van der Waals surface area contributed by atoms with Crippen LogP contribution in [0.25, 0.3) is 21.9 Å². The number of pyridine rings is 1. The van der Waals surface area contributed by atoms with Crippen molar-refractivity contribution in [3.8, 4) is 11.1 Å². The number of aryl methyl sites for hydroxylation is 2. The van der Waals surface area contributed by atoms with E-state index < -0.39 is 17.3 Å². The molecule has 1 atom stereocenters. The van der Waals surface area contributed by atoms with E-state index in [1.165, 1.54) is 24.0 Å². The number of carbonyl (C=O) groups is 1. The molecule has 2 aliphatic heterocycles. The fourth-order valence-corrected chi connectivity index (χ4v) is 5.22. The van der Waals surface area contributed by atoms with Gasteiger partial charge in [-0.15, -0.1) is 4.68 Å². The Balaban J connectivity index is 1.25. The van der Waals surface area contributed by atoms with Gasteiger partial charge in [-0.1, -0.05) is 0 Å². The molecule has 0 saturated carbocycles. The van der Waals surface area contributed by atoms with E-state index in [0.717, 1.165) is 24.5 Å². The summed E-state index contributed by atoms with van der Waals surface area (Å²) in [6.45, 7) is 4.47. The third-order valence-corrected chi connectivity index (χ3v) is 7.45. The molecular formula is C26H24FN10O2+. The molecule has 0 saturated heterocycles. The standard InChI is InChI=1S/C26H23FN10O2/c1-13-17(10-31-24-26(2,39)25(38)34-37(13)24)16-7-14-8-19(30-11-18(14)23(28)22(16)27)32-20-9-15-3-5-35-6-4-29-21(35)12-36(15)33-20/h4,6-11,39H,3,5,12H2,1-2H3,(H3-,28,30,32,33,34,38)/p+1. The van der Waals surface area contributed by atoms with Crippen LogP contribution in [0.15, 0.2) is 43.0 Å². The number of hydrogen-bond acceptors (Lipinski definition) is 8. The Labute approximate surface area is 220 Å². The van der Waals surface area contributed by atoms with Crippen LogP contribution in [0.2, 0.25) is 0 Å². The number of aromatic nitrogens is 7. The summed E-state index contributed by atoms with van der Waals surface area (Å²) < 4.78 is 20.9. The van der Waals surface area contributed by atoms with Gasteiger partial charge in [0.25, 0.3) is 11.5 Å². The third-order valence-electron chi connectivity index (χ3n) is 7.45. The van der Waals surface area contributed by atoms with Crippen molar-refractivity contribution in [1.29, 1.82) is 0 Å². The summed E-state index contributed by atoms with van der Waals surface area (Å²) in [7, 11) is 0. The van der Waals surface area contributed by atoms with E-state index in [9.17, 15) is 9.90 Å². The van der Waals surface area contributed by atoms with Crippen molar-refractivity contribution in [3.63, 3.8) is 0 Å². The zero-order chi connectivity index (χ0) is 27.1. The monoisotopic (exact) mass is 527 g/mol. The van der Waals surface area contributed by atoms with Gasteiger partial charge in [0, 0.05) is 61.2 Å². The summed E-state index contributed by atoms with van der Waals surface area (Å²) in [6, 6.07) is 5.44. The van der Waals surface area contributed by atoms with Gasteiger partial charge < -0.3 is 20.7 Å². The molecule has 2 aliphatic rings. The van der Waals surface area contributed by atoms with Crippen molar-refractivity contribution in [2.75, 3.05) is 16.5 Å². The van der Waals surface area contributed by atoms with Gasteiger partial charge >= 0.3 is 5.82 Å². The molecule has 1 amide bonds. The second-order valence-corrected chi connectivity index (χ2v) is 9.96. The first-order valence-corrected chi connectivity index (χ1v) is 12.4. The van der Waals surface area contributed by atoms with Gasteiger partial charge in [-0.2, -0.15) is 10.5 Å². The highest BCUT2D eigenvalue weighted by Gasteiger charge is 2.51. The van der Waals surface area contributed by atoms with Gasteiger partial charge in [-0.3, -0.25) is 9.48 Å². The molecule has 5 N–H and O–H groups in total. The zero-order valence-electron chi connectivity index (χ0n) is 21.1. The fourth-order valence-electron chi connectivity index (χ4n) is 5.22. The van der Waals surface area contributed by atoms with E-state index in [2.05, 4.69) is 35.4 Å². The number of imidazole rings is 1. The Kier molecular flexibility index (Phi) is 4.79. The lowest BCUT2D eigenvalue weighted by atomic mass is 9.99. The molecule has 0 aliphatic carbocycles. The molecule has 7 rings (SSSR count). The van der Waals surface area contributed by atoms with Crippen LogP contribution < -0.4 is 21.2 Å². The molecule has 0 bridgehead atoms. The number of nitrogens with zero attached hydrogens (tertiary/aromatic N) is 7. The number of benzene rings is 1. The number of nitrogens with one attached hydrogen (secondary N) is 2. The van der Waals surface area contributed by atoms with Crippen molar-refractivity contribution >= 4 is 34.0 Å². The Morgan fingerprint density at radius 3 is 2.87 bits per heavy atom. The van der Waals surface area contributed by atoms with Crippen LogP contribution in [0, 0.1) is 12.7 Å². The van der Waals surface area contributed by atoms with Crippen molar-refractivity contribution in [3.05, 3.63) is 71.8 Å². The maximum Gasteiger partial charge on any atom is 0.363 e. The van der Waals surface area contributed by atoms with Gasteiger partial charge in [0.05, 0.1) is 17.8 Å². The average Bonchev–Trinajstić information content (AvgIpc) is 3.55. The SMILES string of the molecule is Cc1c(-c2cc3cc(Nc4cc5n(n4)Cc4nccn4CC5)ncc3c(N)c2F)cnc2[n+]1NC(=O)C2(C)O. The van der Waals surface area contributed by atoms with Gasteiger partial charge in [0.2, 0.25) is 0 Å². The second-order valence-electron chi connectivity index (χ2n) is 9.96. The van der Waals surface area contributed by atoms with E-state index in [0.29, 0.717) is 40.2 Å². The molecule has 0 radical (unpaired) electrons. The lowest BCUT2D eigenvalue weighted by molar-refractivity contribution is -0.654. The van der Waals surface area contributed by atoms with E-state index in [1.54, 1.807) is 25.3 Å². The van der Waals surface area contributed by atoms with E-state index >= 15 is 4.39 Å². The average molecular weight is 528 g/mol. The largest absolute Gasteiger partial charge is 0.396 e. The molecule has 0 fully saturated rings. The Hall–Kier alpha value is -4.91. The number of anilines is 3. The third kappa shape index (κ3) is 3.46. The van der Waals surface area contributed by atoms with Crippen LogP contribution in [0.3, 0.4) is 0 Å². The Morgan fingerprint density at radius 1 is 1.18 bits per heavy atom. The normalized spacial score (nSPS) is 17.9. The summed E-state index contributed by atoms with van der Waals surface area (Å²) in [5.41, 5.74) is 9.16. The minimum atomic E-state index is -1.79. The van der Waals surface area contributed by atoms with Crippen molar-refractivity contribution < 1.29 is 19.0 Å². The fraction of sp³-hybridized carbons (Fsp3) is 0.231. The molecule has 0 spiro atoms. The Morgan fingerprint density at radius 2 is 2.03 bits per heavy atom. The van der Waals surface area contributed by atoms with Crippen LogP contribution in [-0.4, -0.2) is 40.3 Å². The summed E-state index contributed by atoms with van der Waals surface area (Å²) in [5, 5.41) is 19.5. The number of carbonyl (C=O) groups excluding carboxylic acids is 1. The molecule has 4 aromatic heterocycles. The number of nitrogen functional groups attached to an aromatic ring is 1. The first-order chi connectivity index (χ1) is 18.7. The summed E-state index contributed by atoms with van der Waals surface area (Å²) in [4.78, 5) is 25.3. The van der Waals surface area contributed by atoms with Gasteiger partial charge in [-0.05, 0) is 29.4 Å². The number of fused-ring (bicyclic) bond motifs is 4. The molecule has 13 heteroatoms. The van der Waals surface area contributed by atoms with E-state index in [4.69, 9.17) is 5.73 Å². The molecule has 39 heavy (non-hydrogen) atoms. The minimum Gasteiger partial charge on any atom is -0.396 e. The van der Waals surface area contributed by atoms with Crippen LogP contribution in [0.4, 0.5) is 21.7 Å². The molecule has 1 unspecified atom stereocenters. The topological polar surface area (TPSA) is 153 Å². The van der Waals surface area contributed by atoms with Gasteiger partial charge in [0.1, 0.15) is 17.3 Å². The molecule has 1 aromatic carbocycles. The predicted molar refractivity (Wildman–Crippen MR) is 139 cm³/mol. The number of aliphatic hydroxyl groups is 1. The van der Waals surface area contributed by atoms with Crippen LogP contribution in [0.5, 0.6) is 0 Å². The zero-order valence-corrected chi connectivity index (χ0v) is 21.1. The second kappa shape index (κ2) is 8.04. The predicted octanol–water partition coefficient (Wildman–Crippen LogP) is 1.65. The van der Waals surface area contributed by atoms with Crippen LogP contribution in [0.1, 0.15) is 30.0 Å². The maximum atomic E-state index is 15.5. The quantitative estimate of drug-likeness (QED) is 0.204. The smallest absolute Gasteiger partial charge is 0.363 e. The number of nitrogens with two attached hydrogens (primary N) is 1. The maximum absolute atomic E-state index is 15.5. The van der Waals surface area contributed by atoms with Crippen molar-refractivity contribution in [2.45, 2.75) is 39.0 Å². The first-order valence-electron chi connectivity index (χ1n) is 12.4. The number of amides is 1. The molecule has 12 nitrogen and oxygen atoms in total. The molecular weight excluding hydrogens is 503 g/mol. The van der Waals surface area contributed by atoms with E-state index in [-0.39, 0.29) is 17.1 Å². The number of hydrogen-bond donors (Lipinski definition) is 4. The highest BCUT2D eigenvalue weighted by molar-refractivity contribution is 5.98. The number of halogens is 1. The highest BCUT2D eigenvalue weighted by atomic mass is 19.1. The minimum absolute atomic E-state index is 0.0494. The van der Waals surface area contributed by atoms with Crippen LogP contribution >= 0.6 is 0 Å². The van der Waals surface area contributed by atoms with Crippen LogP contribution in [-0.2, 0) is 29.9 Å². The van der Waals surface area contributed by atoms with Gasteiger partial charge in [-0.25, -0.2) is 14.4 Å². The highest BCUT2D eigenvalue weighted by Crippen LogP contribution is 2.35. The Bertz CT molecular complexity index is 1840.